The van der Waals surface area contributed by atoms with Crippen LogP contribution in [-0.2, 0) is 0 Å². The number of aromatic nitrogens is 2. The number of fused-ring (bicyclic) bond motifs is 1. The molecule has 0 bridgehead atoms. The van der Waals surface area contributed by atoms with Crippen molar-refractivity contribution in [2.75, 3.05) is 12.4 Å². The molecule has 1 heterocycles. The Bertz CT molecular complexity index is 958. The predicted octanol–water partition coefficient (Wildman–Crippen LogP) is 2.65. The number of ether oxygens (including phenoxy) is 1. The van der Waals surface area contributed by atoms with Crippen molar-refractivity contribution in [1.29, 1.82) is 5.41 Å². The van der Waals surface area contributed by atoms with Gasteiger partial charge in [-0.2, -0.15) is 0 Å². The molecule has 3 aromatic rings. The highest BCUT2D eigenvalue weighted by Gasteiger charge is 2.07. The fraction of sp³-hybridized carbons (Fsp3) is 0.0556. The Kier molecular flexibility index (Phi) is 4.00. The van der Waals surface area contributed by atoms with E-state index in [0.717, 1.165) is 16.6 Å². The Morgan fingerprint density at radius 1 is 1.29 bits per heavy atom. The Morgan fingerprint density at radius 3 is 2.67 bits per heavy atom. The van der Waals surface area contributed by atoms with Gasteiger partial charge in [0.05, 0.1) is 18.2 Å². The van der Waals surface area contributed by atoms with Gasteiger partial charge in [-0.25, -0.2) is 9.97 Å². The van der Waals surface area contributed by atoms with Crippen molar-refractivity contribution in [3.63, 3.8) is 0 Å². The largest absolute Gasteiger partial charge is 0.495 e. The maximum atomic E-state index is 7.40. The van der Waals surface area contributed by atoms with Crippen molar-refractivity contribution in [1.82, 2.24) is 9.97 Å². The number of rotatable bonds is 4. The molecule has 3 rings (SSSR count). The Balaban J connectivity index is 1.93. The second kappa shape index (κ2) is 6.26. The molecule has 0 radical (unpaired) electrons. The van der Waals surface area contributed by atoms with Crippen LogP contribution in [0.15, 0.2) is 42.6 Å². The monoisotopic (exact) mass is 317 g/mol. The van der Waals surface area contributed by atoms with E-state index >= 15 is 0 Å². The first-order chi connectivity index (χ1) is 11.6. The van der Waals surface area contributed by atoms with Gasteiger partial charge in [-0.1, -0.05) is 5.92 Å². The van der Waals surface area contributed by atoms with E-state index in [0.29, 0.717) is 22.8 Å². The van der Waals surface area contributed by atoms with Crippen LogP contribution in [-0.4, -0.2) is 22.9 Å². The van der Waals surface area contributed by atoms with Crippen molar-refractivity contribution in [2.24, 2.45) is 5.73 Å². The molecule has 0 amide bonds. The SMILES string of the molecule is C#Cc1cc2cnc(Nc3ccc(C(=N)N)cc3)nc2cc1OC. The normalized spacial score (nSPS) is 10.2. The van der Waals surface area contributed by atoms with Crippen LogP contribution in [0.25, 0.3) is 10.9 Å². The maximum Gasteiger partial charge on any atom is 0.227 e. The quantitative estimate of drug-likeness (QED) is 0.390. The van der Waals surface area contributed by atoms with Gasteiger partial charge < -0.3 is 15.8 Å². The summed E-state index contributed by atoms with van der Waals surface area (Å²) in [6.45, 7) is 0. The summed E-state index contributed by atoms with van der Waals surface area (Å²) in [5, 5.41) is 11.3. The van der Waals surface area contributed by atoms with Crippen LogP contribution in [0.1, 0.15) is 11.1 Å². The number of terminal acetylenes is 1. The molecule has 0 saturated heterocycles. The minimum Gasteiger partial charge on any atom is -0.495 e. The molecule has 0 unspecified atom stereocenters. The lowest BCUT2D eigenvalue weighted by Crippen LogP contribution is -2.10. The van der Waals surface area contributed by atoms with Crippen LogP contribution >= 0.6 is 0 Å². The number of hydrogen-bond donors (Lipinski definition) is 3. The van der Waals surface area contributed by atoms with Crippen molar-refractivity contribution in [3.8, 4) is 18.1 Å². The van der Waals surface area contributed by atoms with Gasteiger partial charge in [0.1, 0.15) is 11.6 Å². The predicted molar refractivity (Wildman–Crippen MR) is 94.8 cm³/mol. The third-order valence-corrected chi connectivity index (χ3v) is 3.51. The van der Waals surface area contributed by atoms with E-state index in [-0.39, 0.29) is 5.84 Å². The van der Waals surface area contributed by atoms with Crippen molar-refractivity contribution < 1.29 is 4.74 Å². The first kappa shape index (κ1) is 15.3. The second-order valence-corrected chi connectivity index (χ2v) is 5.07. The summed E-state index contributed by atoms with van der Waals surface area (Å²) < 4.78 is 5.28. The third-order valence-electron chi connectivity index (χ3n) is 3.51. The molecule has 6 heteroatoms. The number of amidine groups is 1. The minimum absolute atomic E-state index is 0.0277. The average Bonchev–Trinajstić information content (AvgIpc) is 2.60. The number of nitrogens with two attached hydrogens (primary N) is 1. The molecule has 0 fully saturated rings. The van der Waals surface area contributed by atoms with Gasteiger partial charge in [0, 0.05) is 28.9 Å². The molecule has 118 valence electrons. The molecular weight excluding hydrogens is 302 g/mol. The summed E-state index contributed by atoms with van der Waals surface area (Å²) in [6, 6.07) is 10.7. The molecule has 0 aliphatic heterocycles. The molecular formula is C18H15N5O. The highest BCUT2D eigenvalue weighted by Crippen LogP contribution is 2.25. The number of hydrogen-bond acceptors (Lipinski definition) is 5. The van der Waals surface area contributed by atoms with Gasteiger partial charge in [0.15, 0.2) is 0 Å². The summed E-state index contributed by atoms with van der Waals surface area (Å²) in [7, 11) is 1.57. The molecule has 0 atom stereocenters. The molecule has 2 aromatic carbocycles. The molecule has 6 nitrogen and oxygen atoms in total. The zero-order chi connectivity index (χ0) is 17.1. The Hall–Kier alpha value is -3.59. The summed E-state index contributed by atoms with van der Waals surface area (Å²) in [5.74, 6) is 3.66. The third kappa shape index (κ3) is 2.96. The number of anilines is 2. The van der Waals surface area contributed by atoms with Crippen LogP contribution in [0, 0.1) is 17.8 Å². The minimum atomic E-state index is 0.0277. The summed E-state index contributed by atoms with van der Waals surface area (Å²) in [4.78, 5) is 8.77. The van der Waals surface area contributed by atoms with Gasteiger partial charge in [-0.05, 0) is 30.3 Å². The lowest BCUT2D eigenvalue weighted by molar-refractivity contribution is 0.414. The lowest BCUT2D eigenvalue weighted by Gasteiger charge is -2.08. The van der Waals surface area contributed by atoms with Gasteiger partial charge in [-0.3, -0.25) is 5.41 Å². The van der Waals surface area contributed by atoms with Gasteiger partial charge in [0.2, 0.25) is 5.95 Å². The molecule has 4 N–H and O–H groups in total. The van der Waals surface area contributed by atoms with Crippen molar-refractivity contribution in [3.05, 3.63) is 53.7 Å². The first-order valence-corrected chi connectivity index (χ1v) is 7.13. The van der Waals surface area contributed by atoms with Crippen molar-refractivity contribution in [2.45, 2.75) is 0 Å². The summed E-state index contributed by atoms with van der Waals surface area (Å²) in [6.07, 6.45) is 7.18. The van der Waals surface area contributed by atoms with E-state index in [9.17, 15) is 0 Å². The topological polar surface area (TPSA) is 96.9 Å². The second-order valence-electron chi connectivity index (χ2n) is 5.07. The van der Waals surface area contributed by atoms with Gasteiger partial charge in [0.25, 0.3) is 0 Å². The average molecular weight is 317 g/mol. The lowest BCUT2D eigenvalue weighted by atomic mass is 10.1. The molecule has 0 saturated carbocycles. The first-order valence-electron chi connectivity index (χ1n) is 7.13. The highest BCUT2D eigenvalue weighted by molar-refractivity contribution is 5.95. The standard InChI is InChI=1S/C18H15N5O/c1-3-11-8-13-10-21-18(23-15(13)9-16(11)24-2)22-14-6-4-12(5-7-14)17(19)20/h1,4-10H,2H3,(H3,19,20)(H,21,22,23). The van der Waals surface area contributed by atoms with E-state index < -0.39 is 0 Å². The van der Waals surface area contributed by atoms with Crippen LogP contribution in [0.4, 0.5) is 11.6 Å². The van der Waals surface area contributed by atoms with Crippen LogP contribution in [0.2, 0.25) is 0 Å². The highest BCUT2D eigenvalue weighted by atomic mass is 16.5. The fourth-order valence-electron chi connectivity index (χ4n) is 2.26. The van der Waals surface area contributed by atoms with E-state index in [2.05, 4.69) is 21.2 Å². The van der Waals surface area contributed by atoms with Crippen molar-refractivity contribution >= 4 is 28.4 Å². The fourth-order valence-corrected chi connectivity index (χ4v) is 2.26. The number of nitrogens with one attached hydrogen (secondary N) is 2. The maximum absolute atomic E-state index is 7.40. The molecule has 0 aliphatic rings. The number of methoxy groups -OCH3 is 1. The van der Waals surface area contributed by atoms with E-state index in [1.54, 1.807) is 31.5 Å². The van der Waals surface area contributed by atoms with E-state index in [1.165, 1.54) is 0 Å². The zero-order valence-electron chi connectivity index (χ0n) is 13.0. The summed E-state index contributed by atoms with van der Waals surface area (Å²) in [5.41, 5.74) is 8.29. The zero-order valence-corrected chi connectivity index (χ0v) is 13.0. The van der Waals surface area contributed by atoms with Crippen LogP contribution in [0.3, 0.4) is 0 Å². The molecule has 1 aromatic heterocycles. The van der Waals surface area contributed by atoms with Crippen LogP contribution in [0.5, 0.6) is 5.75 Å². The summed E-state index contributed by atoms with van der Waals surface area (Å²) >= 11 is 0. The van der Waals surface area contributed by atoms with E-state index in [1.807, 2.05) is 18.2 Å². The number of nitrogen functional groups attached to an aromatic ring is 1. The smallest absolute Gasteiger partial charge is 0.227 e. The molecule has 0 aliphatic carbocycles. The van der Waals surface area contributed by atoms with Gasteiger partial charge >= 0.3 is 0 Å². The van der Waals surface area contributed by atoms with Crippen LogP contribution < -0.4 is 15.8 Å². The number of nitrogens with zero attached hydrogens (tertiary/aromatic N) is 2. The van der Waals surface area contributed by atoms with Gasteiger partial charge in [-0.15, -0.1) is 6.42 Å². The van der Waals surface area contributed by atoms with E-state index in [4.69, 9.17) is 22.3 Å². The molecule has 24 heavy (non-hydrogen) atoms. The molecule has 0 spiro atoms. The Morgan fingerprint density at radius 2 is 2.04 bits per heavy atom. The Labute approximate surface area is 139 Å². The number of benzene rings is 2.